The van der Waals surface area contributed by atoms with Gasteiger partial charge in [-0.3, -0.25) is 9.59 Å². The summed E-state index contributed by atoms with van der Waals surface area (Å²) in [6, 6.07) is 8.59. The highest BCUT2D eigenvalue weighted by Crippen LogP contribution is 2.34. The summed E-state index contributed by atoms with van der Waals surface area (Å²) in [5.74, 6) is -0.280. The van der Waals surface area contributed by atoms with E-state index in [1.54, 1.807) is 30.3 Å². The van der Waals surface area contributed by atoms with Gasteiger partial charge in [0.2, 0.25) is 5.91 Å². The largest absolute Gasteiger partial charge is 0.459 e. The number of furan rings is 1. The first-order valence-corrected chi connectivity index (χ1v) is 5.95. The summed E-state index contributed by atoms with van der Waals surface area (Å²) in [7, 11) is 0. The minimum Gasteiger partial charge on any atom is -0.459 e. The minimum absolute atomic E-state index is 0.0236. The van der Waals surface area contributed by atoms with Crippen LogP contribution >= 0.6 is 0 Å². The zero-order valence-electron chi connectivity index (χ0n) is 10.3. The number of hydrogen-bond donors (Lipinski definition) is 2. The van der Waals surface area contributed by atoms with Gasteiger partial charge in [-0.25, -0.2) is 0 Å². The van der Waals surface area contributed by atoms with Crippen LogP contribution in [0, 0.1) is 0 Å². The summed E-state index contributed by atoms with van der Waals surface area (Å²) in [4.78, 5) is 23.4. The van der Waals surface area contributed by atoms with Crippen LogP contribution in [0.15, 0.2) is 41.0 Å². The fourth-order valence-corrected chi connectivity index (χ4v) is 2.10. The van der Waals surface area contributed by atoms with E-state index in [9.17, 15) is 9.59 Å². The first-order chi connectivity index (χ1) is 9.15. The predicted molar refractivity (Wildman–Crippen MR) is 70.1 cm³/mol. The van der Waals surface area contributed by atoms with E-state index < -0.39 is 0 Å². The van der Waals surface area contributed by atoms with Crippen LogP contribution < -0.4 is 10.6 Å². The maximum atomic E-state index is 11.8. The normalized spacial score (nSPS) is 16.9. The van der Waals surface area contributed by atoms with Crippen molar-refractivity contribution in [1.82, 2.24) is 0 Å². The minimum atomic E-state index is -0.310. The lowest BCUT2D eigenvalue weighted by molar-refractivity contribution is -0.116. The molecule has 0 spiro atoms. The van der Waals surface area contributed by atoms with Gasteiger partial charge in [-0.05, 0) is 42.8 Å². The monoisotopic (exact) mass is 256 g/mol. The number of hydrogen-bond acceptors (Lipinski definition) is 3. The van der Waals surface area contributed by atoms with Gasteiger partial charge < -0.3 is 15.1 Å². The van der Waals surface area contributed by atoms with Gasteiger partial charge in [-0.1, -0.05) is 0 Å². The average Bonchev–Trinajstić information content (AvgIpc) is 3.01. The van der Waals surface area contributed by atoms with Crippen LogP contribution in [0.2, 0.25) is 0 Å². The van der Waals surface area contributed by atoms with Gasteiger partial charge in [0.05, 0.1) is 12.2 Å². The lowest BCUT2D eigenvalue weighted by Crippen LogP contribution is -2.11. The highest BCUT2D eigenvalue weighted by Gasteiger charge is 2.26. The third-order valence-electron chi connectivity index (χ3n) is 3.17. The molecule has 96 valence electrons. The first kappa shape index (κ1) is 11.5. The van der Waals surface area contributed by atoms with Crippen molar-refractivity contribution in [1.29, 1.82) is 0 Å². The van der Waals surface area contributed by atoms with Crippen molar-refractivity contribution in [2.45, 2.75) is 12.8 Å². The molecular weight excluding hydrogens is 244 g/mol. The summed E-state index contributed by atoms with van der Waals surface area (Å²) >= 11 is 0. The van der Waals surface area contributed by atoms with Gasteiger partial charge in [0.25, 0.3) is 5.91 Å². The molecule has 0 saturated carbocycles. The Kier molecular flexibility index (Phi) is 2.59. The Morgan fingerprint density at radius 3 is 2.95 bits per heavy atom. The van der Waals surface area contributed by atoms with Crippen molar-refractivity contribution in [2.75, 3.05) is 10.6 Å². The van der Waals surface area contributed by atoms with Crippen LogP contribution in [0.25, 0.3) is 0 Å². The molecule has 0 radical (unpaired) electrons. The Morgan fingerprint density at radius 2 is 2.21 bits per heavy atom. The molecule has 5 nitrogen and oxygen atoms in total. The fourth-order valence-electron chi connectivity index (χ4n) is 2.10. The van der Waals surface area contributed by atoms with Crippen molar-refractivity contribution in [3.63, 3.8) is 0 Å². The van der Waals surface area contributed by atoms with E-state index in [0.29, 0.717) is 5.69 Å². The maximum Gasteiger partial charge on any atom is 0.291 e. The molecule has 1 unspecified atom stereocenters. The van der Waals surface area contributed by atoms with Crippen molar-refractivity contribution in [2.24, 2.45) is 0 Å². The molecule has 0 fully saturated rings. The first-order valence-electron chi connectivity index (χ1n) is 5.95. The van der Waals surface area contributed by atoms with E-state index in [1.165, 1.54) is 6.26 Å². The summed E-state index contributed by atoms with van der Waals surface area (Å²) in [6.45, 7) is 1.83. The van der Waals surface area contributed by atoms with E-state index in [-0.39, 0.29) is 23.5 Å². The third-order valence-corrected chi connectivity index (χ3v) is 3.17. The number of carbonyl (C=O) groups is 2. The van der Waals surface area contributed by atoms with E-state index in [2.05, 4.69) is 10.6 Å². The number of amides is 2. The van der Waals surface area contributed by atoms with Crippen LogP contribution in [-0.4, -0.2) is 11.8 Å². The summed E-state index contributed by atoms with van der Waals surface area (Å²) < 4.78 is 5.02. The molecule has 1 atom stereocenters. The molecule has 1 aromatic heterocycles. The van der Waals surface area contributed by atoms with E-state index in [4.69, 9.17) is 4.42 Å². The smallest absolute Gasteiger partial charge is 0.291 e. The van der Waals surface area contributed by atoms with Crippen molar-refractivity contribution in [3.05, 3.63) is 47.9 Å². The highest BCUT2D eigenvalue weighted by atomic mass is 16.3. The molecule has 0 bridgehead atoms. The average molecular weight is 256 g/mol. The Labute approximate surface area is 109 Å². The van der Waals surface area contributed by atoms with Crippen molar-refractivity contribution < 1.29 is 14.0 Å². The highest BCUT2D eigenvalue weighted by molar-refractivity contribution is 6.05. The Balaban J connectivity index is 1.84. The third kappa shape index (κ3) is 1.99. The lowest BCUT2D eigenvalue weighted by atomic mass is 10.0. The second-order valence-electron chi connectivity index (χ2n) is 4.44. The molecule has 19 heavy (non-hydrogen) atoms. The second kappa shape index (κ2) is 4.28. The number of anilines is 2. The molecule has 2 N–H and O–H groups in total. The van der Waals surface area contributed by atoms with E-state index in [1.807, 2.05) is 6.92 Å². The van der Waals surface area contributed by atoms with Crippen LogP contribution in [0.3, 0.4) is 0 Å². The zero-order chi connectivity index (χ0) is 13.4. The molecule has 2 heterocycles. The summed E-state index contributed by atoms with van der Waals surface area (Å²) in [5, 5.41) is 5.52. The van der Waals surface area contributed by atoms with E-state index >= 15 is 0 Å². The molecule has 1 aromatic carbocycles. The van der Waals surface area contributed by atoms with Gasteiger partial charge in [-0.15, -0.1) is 0 Å². The Morgan fingerprint density at radius 1 is 1.37 bits per heavy atom. The van der Waals surface area contributed by atoms with Gasteiger partial charge in [0.15, 0.2) is 5.76 Å². The van der Waals surface area contributed by atoms with Gasteiger partial charge >= 0.3 is 0 Å². The number of fused-ring (bicyclic) bond motifs is 1. The quantitative estimate of drug-likeness (QED) is 0.867. The van der Waals surface area contributed by atoms with Crippen LogP contribution in [0.1, 0.15) is 29.0 Å². The molecule has 0 saturated heterocycles. The standard InChI is InChI=1S/C14H12N2O3/c1-8-10-7-9(4-5-11(10)16-13(8)17)15-14(18)12-3-2-6-19-12/h2-8H,1H3,(H,15,18)(H,16,17). The molecule has 2 aromatic rings. The Hall–Kier alpha value is -2.56. The van der Waals surface area contributed by atoms with Crippen molar-refractivity contribution in [3.8, 4) is 0 Å². The number of carbonyl (C=O) groups excluding carboxylic acids is 2. The van der Waals surface area contributed by atoms with E-state index in [0.717, 1.165) is 11.3 Å². The second-order valence-corrected chi connectivity index (χ2v) is 4.44. The van der Waals surface area contributed by atoms with Crippen LogP contribution in [0.4, 0.5) is 11.4 Å². The van der Waals surface area contributed by atoms with Crippen LogP contribution in [0.5, 0.6) is 0 Å². The number of benzene rings is 1. The lowest BCUT2D eigenvalue weighted by Gasteiger charge is -2.06. The molecule has 1 aliphatic heterocycles. The van der Waals surface area contributed by atoms with Gasteiger partial charge in [0.1, 0.15) is 0 Å². The summed E-state index contributed by atoms with van der Waals surface area (Å²) in [5.41, 5.74) is 2.33. The fraction of sp³-hybridized carbons (Fsp3) is 0.143. The SMILES string of the molecule is CC1C(=O)Nc2ccc(NC(=O)c3ccco3)cc21. The molecular formula is C14H12N2O3. The van der Waals surface area contributed by atoms with Crippen LogP contribution in [-0.2, 0) is 4.79 Å². The topological polar surface area (TPSA) is 71.3 Å². The molecule has 5 heteroatoms. The van der Waals surface area contributed by atoms with Gasteiger partial charge in [-0.2, -0.15) is 0 Å². The Bertz CT molecular complexity index is 647. The number of rotatable bonds is 2. The summed E-state index contributed by atoms with van der Waals surface area (Å²) in [6.07, 6.45) is 1.45. The van der Waals surface area contributed by atoms with Crippen molar-refractivity contribution >= 4 is 23.2 Å². The molecule has 3 rings (SSSR count). The molecule has 2 amide bonds. The molecule has 1 aliphatic rings. The predicted octanol–water partition coefficient (Wildman–Crippen LogP) is 2.59. The van der Waals surface area contributed by atoms with Gasteiger partial charge in [0, 0.05) is 11.4 Å². The number of nitrogens with one attached hydrogen (secondary N) is 2. The maximum absolute atomic E-state index is 11.8. The molecule has 0 aliphatic carbocycles. The zero-order valence-corrected chi connectivity index (χ0v) is 10.3.